The van der Waals surface area contributed by atoms with E-state index in [1.54, 1.807) is 21.3 Å². The third-order valence-corrected chi connectivity index (χ3v) is 5.02. The highest BCUT2D eigenvalue weighted by Crippen LogP contribution is 2.32. The van der Waals surface area contributed by atoms with Crippen molar-refractivity contribution in [3.05, 3.63) is 23.8 Å². The minimum absolute atomic E-state index is 0.101. The molecule has 1 atom stereocenters. The Labute approximate surface area is 157 Å². The highest BCUT2D eigenvalue weighted by Gasteiger charge is 2.30. The van der Waals surface area contributed by atoms with E-state index >= 15 is 0 Å². The van der Waals surface area contributed by atoms with Crippen molar-refractivity contribution in [3.63, 3.8) is 0 Å². The van der Waals surface area contributed by atoms with Crippen molar-refractivity contribution in [2.75, 3.05) is 41.0 Å². The Morgan fingerprint density at radius 2 is 1.96 bits per heavy atom. The van der Waals surface area contributed by atoms with E-state index < -0.39 is 0 Å². The van der Waals surface area contributed by atoms with Crippen LogP contribution in [0.3, 0.4) is 0 Å². The first-order valence-electron chi connectivity index (χ1n) is 9.14. The number of nitrogens with zero attached hydrogens (tertiary/aromatic N) is 1. The summed E-state index contributed by atoms with van der Waals surface area (Å²) in [7, 11) is 5.09. The quantitative estimate of drug-likeness (QED) is 0.576. The maximum Gasteiger partial charge on any atom is 0.191 e. The Morgan fingerprint density at radius 1 is 1.23 bits per heavy atom. The zero-order valence-corrected chi connectivity index (χ0v) is 16.9. The third kappa shape index (κ3) is 5.04. The second-order valence-electron chi connectivity index (χ2n) is 7.63. The van der Waals surface area contributed by atoms with Crippen LogP contribution in [0.5, 0.6) is 11.5 Å². The van der Waals surface area contributed by atoms with E-state index in [1.807, 2.05) is 12.1 Å². The number of aliphatic imine (C=N–C) groups is 1. The van der Waals surface area contributed by atoms with Crippen LogP contribution < -0.4 is 20.1 Å². The van der Waals surface area contributed by atoms with Gasteiger partial charge in [0, 0.05) is 32.2 Å². The molecule has 0 spiro atoms. The molecular formula is C20H33N3O3. The average Bonchev–Trinajstić information content (AvgIpc) is 3.08. The van der Waals surface area contributed by atoms with E-state index in [-0.39, 0.29) is 11.0 Å². The van der Waals surface area contributed by atoms with Crippen molar-refractivity contribution in [2.24, 2.45) is 4.99 Å². The molecule has 1 unspecified atom stereocenters. The van der Waals surface area contributed by atoms with Gasteiger partial charge in [0.05, 0.1) is 19.8 Å². The van der Waals surface area contributed by atoms with Crippen molar-refractivity contribution >= 4 is 5.96 Å². The molecule has 1 aromatic rings. The Balaban J connectivity index is 1.97. The number of hydrogen-bond donors (Lipinski definition) is 2. The van der Waals surface area contributed by atoms with Gasteiger partial charge in [0.25, 0.3) is 0 Å². The molecule has 146 valence electrons. The summed E-state index contributed by atoms with van der Waals surface area (Å²) in [6.45, 7) is 8.86. The van der Waals surface area contributed by atoms with Crippen LogP contribution >= 0.6 is 0 Å². The van der Waals surface area contributed by atoms with E-state index in [0.717, 1.165) is 50.0 Å². The lowest BCUT2D eigenvalue weighted by Gasteiger charge is -2.29. The number of rotatable bonds is 7. The van der Waals surface area contributed by atoms with Crippen molar-refractivity contribution < 1.29 is 14.2 Å². The fourth-order valence-corrected chi connectivity index (χ4v) is 3.13. The molecule has 6 nitrogen and oxygen atoms in total. The van der Waals surface area contributed by atoms with Gasteiger partial charge in [-0.15, -0.1) is 0 Å². The summed E-state index contributed by atoms with van der Waals surface area (Å²) in [5.74, 6) is 2.27. The minimum atomic E-state index is -0.106. The molecule has 0 bridgehead atoms. The van der Waals surface area contributed by atoms with Crippen LogP contribution in [0.2, 0.25) is 0 Å². The SMILES string of the molecule is CN=C(NCC1(C)CCCO1)NCC(C)(C)c1ccc(OC)c(OC)c1. The molecule has 0 aromatic heterocycles. The maximum absolute atomic E-state index is 5.83. The Kier molecular flexibility index (Phi) is 6.75. The molecule has 0 aliphatic carbocycles. The smallest absolute Gasteiger partial charge is 0.191 e. The molecule has 6 heteroatoms. The normalized spacial score (nSPS) is 20.8. The highest BCUT2D eigenvalue weighted by atomic mass is 16.5. The van der Waals surface area contributed by atoms with E-state index in [9.17, 15) is 0 Å². The molecule has 2 rings (SSSR count). The number of hydrogen-bond acceptors (Lipinski definition) is 4. The van der Waals surface area contributed by atoms with Crippen LogP contribution in [0, 0.1) is 0 Å². The fourth-order valence-electron chi connectivity index (χ4n) is 3.13. The van der Waals surface area contributed by atoms with Crippen molar-refractivity contribution in [2.45, 2.75) is 44.6 Å². The van der Waals surface area contributed by atoms with Gasteiger partial charge < -0.3 is 24.8 Å². The van der Waals surface area contributed by atoms with E-state index in [1.165, 1.54) is 5.56 Å². The van der Waals surface area contributed by atoms with E-state index in [2.05, 4.69) is 42.5 Å². The van der Waals surface area contributed by atoms with E-state index in [0.29, 0.717) is 0 Å². The molecule has 1 aliphatic rings. The summed E-state index contributed by atoms with van der Waals surface area (Å²) in [5, 5.41) is 6.81. The van der Waals surface area contributed by atoms with Crippen LogP contribution in [0.4, 0.5) is 0 Å². The molecule has 0 saturated carbocycles. The van der Waals surface area contributed by atoms with Crippen LogP contribution in [-0.2, 0) is 10.2 Å². The molecule has 26 heavy (non-hydrogen) atoms. The molecule has 1 heterocycles. The Morgan fingerprint density at radius 3 is 2.54 bits per heavy atom. The largest absolute Gasteiger partial charge is 0.493 e. The topological polar surface area (TPSA) is 64.1 Å². The second kappa shape index (κ2) is 8.62. The van der Waals surface area contributed by atoms with Gasteiger partial charge >= 0.3 is 0 Å². The molecule has 0 amide bonds. The lowest BCUT2D eigenvalue weighted by Crippen LogP contribution is -2.48. The van der Waals surface area contributed by atoms with Crippen LogP contribution in [-0.4, -0.2) is 52.5 Å². The lowest BCUT2D eigenvalue weighted by molar-refractivity contribution is 0.0242. The van der Waals surface area contributed by atoms with Crippen molar-refractivity contribution in [1.82, 2.24) is 10.6 Å². The Bertz CT molecular complexity index is 623. The summed E-state index contributed by atoms with van der Waals surface area (Å²) in [5.41, 5.74) is 0.964. The van der Waals surface area contributed by atoms with Crippen LogP contribution in [0.25, 0.3) is 0 Å². The van der Waals surface area contributed by atoms with Gasteiger partial charge in [0.15, 0.2) is 17.5 Å². The summed E-state index contributed by atoms with van der Waals surface area (Å²) < 4.78 is 16.6. The second-order valence-corrected chi connectivity index (χ2v) is 7.63. The zero-order valence-electron chi connectivity index (χ0n) is 16.9. The molecule has 1 fully saturated rings. The lowest BCUT2D eigenvalue weighted by atomic mass is 9.84. The predicted octanol–water partition coefficient (Wildman–Crippen LogP) is 2.72. The molecule has 1 aromatic carbocycles. The fraction of sp³-hybridized carbons (Fsp3) is 0.650. The molecule has 1 saturated heterocycles. The summed E-state index contributed by atoms with van der Waals surface area (Å²) in [6, 6.07) is 6.05. The number of benzene rings is 1. The molecular weight excluding hydrogens is 330 g/mol. The highest BCUT2D eigenvalue weighted by molar-refractivity contribution is 5.79. The minimum Gasteiger partial charge on any atom is -0.493 e. The summed E-state index contributed by atoms with van der Waals surface area (Å²) >= 11 is 0. The van der Waals surface area contributed by atoms with Gasteiger partial charge in [0.1, 0.15) is 0 Å². The summed E-state index contributed by atoms with van der Waals surface area (Å²) in [6.07, 6.45) is 2.20. The van der Waals surface area contributed by atoms with Gasteiger partial charge in [-0.25, -0.2) is 0 Å². The predicted molar refractivity (Wildman–Crippen MR) is 106 cm³/mol. The monoisotopic (exact) mass is 363 g/mol. The van der Waals surface area contributed by atoms with Gasteiger partial charge in [-0.2, -0.15) is 0 Å². The molecule has 2 N–H and O–H groups in total. The Hall–Kier alpha value is -1.95. The standard InChI is InChI=1S/C20H33N3O3/c1-19(2,15-8-9-16(24-5)17(12-15)25-6)13-22-18(21-4)23-14-20(3)10-7-11-26-20/h8-9,12H,7,10-11,13-14H2,1-6H3,(H2,21,22,23). The van der Waals surface area contributed by atoms with Gasteiger partial charge in [0.2, 0.25) is 0 Å². The first-order valence-corrected chi connectivity index (χ1v) is 9.14. The third-order valence-electron chi connectivity index (χ3n) is 5.02. The van der Waals surface area contributed by atoms with Crippen LogP contribution in [0.15, 0.2) is 23.2 Å². The van der Waals surface area contributed by atoms with Gasteiger partial charge in [-0.1, -0.05) is 19.9 Å². The first kappa shape index (κ1) is 20.4. The average molecular weight is 364 g/mol. The number of nitrogens with one attached hydrogen (secondary N) is 2. The molecule has 0 radical (unpaired) electrons. The number of guanidine groups is 1. The first-order chi connectivity index (χ1) is 12.3. The zero-order chi connectivity index (χ0) is 19.2. The maximum atomic E-state index is 5.83. The number of methoxy groups -OCH3 is 2. The van der Waals surface area contributed by atoms with Gasteiger partial charge in [-0.3, -0.25) is 4.99 Å². The van der Waals surface area contributed by atoms with Crippen molar-refractivity contribution in [3.8, 4) is 11.5 Å². The summed E-state index contributed by atoms with van der Waals surface area (Å²) in [4.78, 5) is 4.33. The van der Waals surface area contributed by atoms with Crippen molar-refractivity contribution in [1.29, 1.82) is 0 Å². The van der Waals surface area contributed by atoms with Crippen LogP contribution in [0.1, 0.15) is 39.2 Å². The van der Waals surface area contributed by atoms with Gasteiger partial charge in [-0.05, 0) is 37.5 Å². The number of ether oxygens (including phenoxy) is 3. The van der Waals surface area contributed by atoms with E-state index in [4.69, 9.17) is 14.2 Å². The molecule has 1 aliphatic heterocycles.